The number of nitrogens with zero attached hydrogens (tertiary/aromatic N) is 3. The number of carboxylic acid groups (broad SMARTS) is 1. The zero-order chi connectivity index (χ0) is 15.7. The van der Waals surface area contributed by atoms with Crippen LogP contribution in [0.5, 0.6) is 0 Å². The third kappa shape index (κ3) is 2.68. The molecule has 22 heavy (non-hydrogen) atoms. The van der Waals surface area contributed by atoms with Gasteiger partial charge in [-0.3, -0.25) is 9.80 Å². The fourth-order valence-corrected chi connectivity index (χ4v) is 2.97. The third-order valence-electron chi connectivity index (χ3n) is 4.19. The van der Waals surface area contributed by atoms with Crippen LogP contribution in [0.2, 0.25) is 0 Å². The summed E-state index contributed by atoms with van der Waals surface area (Å²) in [6.45, 7) is 3.36. The van der Waals surface area contributed by atoms with Gasteiger partial charge in [0.1, 0.15) is 6.04 Å². The lowest BCUT2D eigenvalue weighted by Gasteiger charge is -2.22. The third-order valence-corrected chi connectivity index (χ3v) is 4.19. The number of aliphatic carboxylic acids is 1. The van der Waals surface area contributed by atoms with Crippen LogP contribution in [0.1, 0.15) is 36.5 Å². The van der Waals surface area contributed by atoms with Gasteiger partial charge in [-0.2, -0.15) is 5.10 Å². The van der Waals surface area contributed by atoms with Crippen LogP contribution in [0, 0.1) is 0 Å². The first-order valence-corrected chi connectivity index (χ1v) is 7.52. The van der Waals surface area contributed by atoms with Gasteiger partial charge >= 0.3 is 5.97 Å². The van der Waals surface area contributed by atoms with E-state index in [1.807, 2.05) is 24.1 Å². The minimum atomic E-state index is -0.927. The minimum absolute atomic E-state index is 0.211. The summed E-state index contributed by atoms with van der Waals surface area (Å²) in [7, 11) is 0. The van der Waals surface area contributed by atoms with Crippen LogP contribution in [0.4, 0.5) is 5.69 Å². The molecule has 1 atom stereocenters. The van der Waals surface area contributed by atoms with Gasteiger partial charge in [0.15, 0.2) is 0 Å². The van der Waals surface area contributed by atoms with Crippen LogP contribution in [-0.2, 0) is 4.79 Å². The molecular formula is C16H19N3O3. The molecule has 2 heterocycles. The van der Waals surface area contributed by atoms with Crippen molar-refractivity contribution in [1.82, 2.24) is 4.90 Å². The molecule has 0 saturated carbocycles. The summed E-state index contributed by atoms with van der Waals surface area (Å²) in [6.07, 6.45) is 2.22. The van der Waals surface area contributed by atoms with E-state index < -0.39 is 12.0 Å². The van der Waals surface area contributed by atoms with Crippen LogP contribution >= 0.6 is 0 Å². The van der Waals surface area contributed by atoms with Gasteiger partial charge in [-0.1, -0.05) is 0 Å². The van der Waals surface area contributed by atoms with E-state index in [1.165, 1.54) is 4.90 Å². The number of carbonyl (C=O) groups is 2. The Morgan fingerprint density at radius 2 is 1.95 bits per heavy atom. The molecule has 1 fully saturated rings. The standard InChI is InChI=1S/C16H19N3O3/c1-11-8-10-19(17-11)13-6-4-12(5-7-13)15(20)18-9-2-3-14(18)16(21)22/h4-7,14H,2-3,8-10H2,1H3,(H,21,22)/t14-/m0/s1. The van der Waals surface area contributed by atoms with E-state index in [2.05, 4.69) is 5.10 Å². The Kier molecular flexibility index (Phi) is 3.83. The highest BCUT2D eigenvalue weighted by Gasteiger charge is 2.34. The Morgan fingerprint density at radius 3 is 2.55 bits per heavy atom. The summed E-state index contributed by atoms with van der Waals surface area (Å²) in [5.41, 5.74) is 2.57. The van der Waals surface area contributed by atoms with Crippen molar-refractivity contribution >= 4 is 23.3 Å². The van der Waals surface area contributed by atoms with Crippen molar-refractivity contribution in [3.05, 3.63) is 29.8 Å². The maximum absolute atomic E-state index is 12.5. The highest BCUT2D eigenvalue weighted by molar-refractivity contribution is 5.97. The second kappa shape index (κ2) is 5.79. The summed E-state index contributed by atoms with van der Waals surface area (Å²) < 4.78 is 0. The molecule has 0 aromatic heterocycles. The van der Waals surface area contributed by atoms with Crippen LogP contribution in [0.15, 0.2) is 29.4 Å². The van der Waals surface area contributed by atoms with Gasteiger partial charge in [-0.15, -0.1) is 0 Å². The van der Waals surface area contributed by atoms with Gasteiger partial charge in [-0.05, 0) is 44.0 Å². The van der Waals surface area contributed by atoms with E-state index in [0.717, 1.165) is 30.8 Å². The van der Waals surface area contributed by atoms with Crippen LogP contribution in [0.3, 0.4) is 0 Å². The highest BCUT2D eigenvalue weighted by Crippen LogP contribution is 2.23. The summed E-state index contributed by atoms with van der Waals surface area (Å²) in [5, 5.41) is 15.5. The minimum Gasteiger partial charge on any atom is -0.480 e. The van der Waals surface area contributed by atoms with Gasteiger partial charge < -0.3 is 10.0 Å². The molecule has 6 heteroatoms. The monoisotopic (exact) mass is 301 g/mol. The zero-order valence-electron chi connectivity index (χ0n) is 12.5. The number of hydrazone groups is 1. The lowest BCUT2D eigenvalue weighted by Crippen LogP contribution is -2.40. The molecule has 1 saturated heterocycles. The number of carbonyl (C=O) groups excluding carboxylic acids is 1. The van der Waals surface area contributed by atoms with E-state index in [1.54, 1.807) is 12.1 Å². The van der Waals surface area contributed by atoms with Crippen LogP contribution in [-0.4, -0.2) is 46.7 Å². The number of rotatable bonds is 3. The molecule has 1 aromatic rings. The normalized spacial score (nSPS) is 21.1. The van der Waals surface area contributed by atoms with Crippen molar-refractivity contribution in [2.75, 3.05) is 18.1 Å². The van der Waals surface area contributed by atoms with Crippen LogP contribution < -0.4 is 5.01 Å². The second-order valence-electron chi connectivity index (χ2n) is 5.75. The van der Waals surface area contributed by atoms with Gasteiger partial charge in [-0.25, -0.2) is 4.79 Å². The first-order valence-electron chi connectivity index (χ1n) is 7.52. The van der Waals surface area contributed by atoms with E-state index >= 15 is 0 Å². The molecule has 1 amide bonds. The number of carboxylic acids is 1. The molecule has 116 valence electrons. The molecule has 1 aromatic carbocycles. The average molecular weight is 301 g/mol. The SMILES string of the molecule is CC1=NN(c2ccc(C(=O)N3CCC[C@H]3C(=O)O)cc2)CC1. The molecule has 0 spiro atoms. The molecule has 0 radical (unpaired) electrons. The molecule has 2 aliphatic rings. The number of benzene rings is 1. The first kappa shape index (κ1) is 14.6. The quantitative estimate of drug-likeness (QED) is 0.926. The summed E-state index contributed by atoms with van der Waals surface area (Å²) in [4.78, 5) is 25.1. The van der Waals surface area contributed by atoms with Gasteiger partial charge in [0.05, 0.1) is 5.69 Å². The van der Waals surface area contributed by atoms with E-state index in [-0.39, 0.29) is 5.91 Å². The van der Waals surface area contributed by atoms with Crippen molar-refractivity contribution in [2.45, 2.75) is 32.2 Å². The van der Waals surface area contributed by atoms with Crippen molar-refractivity contribution in [1.29, 1.82) is 0 Å². The van der Waals surface area contributed by atoms with Gasteiger partial charge in [0, 0.05) is 30.8 Å². The molecular weight excluding hydrogens is 282 g/mol. The lowest BCUT2D eigenvalue weighted by atomic mass is 10.1. The first-order chi connectivity index (χ1) is 10.6. The predicted octanol–water partition coefficient (Wildman–Crippen LogP) is 1.96. The largest absolute Gasteiger partial charge is 0.480 e. The maximum Gasteiger partial charge on any atom is 0.326 e. The number of likely N-dealkylation sites (tertiary alicyclic amines) is 1. The number of anilines is 1. The fraction of sp³-hybridized carbons (Fsp3) is 0.438. The van der Waals surface area contributed by atoms with Gasteiger partial charge in [0.25, 0.3) is 5.91 Å². The Labute approximate surface area is 129 Å². The smallest absolute Gasteiger partial charge is 0.326 e. The maximum atomic E-state index is 12.5. The Hall–Kier alpha value is -2.37. The molecule has 0 bridgehead atoms. The molecule has 6 nitrogen and oxygen atoms in total. The van der Waals surface area contributed by atoms with Crippen molar-refractivity contribution in [3.63, 3.8) is 0 Å². The van der Waals surface area contributed by atoms with Crippen molar-refractivity contribution in [3.8, 4) is 0 Å². The predicted molar refractivity (Wildman–Crippen MR) is 83.2 cm³/mol. The van der Waals surface area contributed by atoms with Crippen LogP contribution in [0.25, 0.3) is 0 Å². The second-order valence-corrected chi connectivity index (χ2v) is 5.75. The Morgan fingerprint density at radius 1 is 1.23 bits per heavy atom. The van der Waals surface area contributed by atoms with Crippen molar-refractivity contribution in [2.24, 2.45) is 5.10 Å². The molecule has 2 aliphatic heterocycles. The van der Waals surface area contributed by atoms with E-state index in [9.17, 15) is 14.7 Å². The van der Waals surface area contributed by atoms with E-state index in [4.69, 9.17) is 0 Å². The zero-order valence-corrected chi connectivity index (χ0v) is 12.5. The fourth-order valence-electron chi connectivity index (χ4n) is 2.97. The summed E-state index contributed by atoms with van der Waals surface area (Å²) >= 11 is 0. The van der Waals surface area contributed by atoms with Gasteiger partial charge in [0.2, 0.25) is 0 Å². The van der Waals surface area contributed by atoms with E-state index in [0.29, 0.717) is 18.5 Å². The van der Waals surface area contributed by atoms with Crippen molar-refractivity contribution < 1.29 is 14.7 Å². The average Bonchev–Trinajstić information content (AvgIpc) is 3.15. The topological polar surface area (TPSA) is 73.2 Å². The number of hydrogen-bond donors (Lipinski definition) is 1. The summed E-state index contributed by atoms with van der Waals surface area (Å²) in [5.74, 6) is -1.14. The Bertz CT molecular complexity index is 624. The summed E-state index contributed by atoms with van der Waals surface area (Å²) in [6, 6.07) is 6.52. The molecule has 0 aliphatic carbocycles. The molecule has 1 N–H and O–H groups in total. The molecule has 3 rings (SSSR count). The lowest BCUT2D eigenvalue weighted by molar-refractivity contribution is -0.141. The molecule has 0 unspecified atom stereocenters. The number of hydrogen-bond acceptors (Lipinski definition) is 4. The number of amides is 1. The highest BCUT2D eigenvalue weighted by atomic mass is 16.4. The Balaban J connectivity index is 1.75.